The Labute approximate surface area is 146 Å². The van der Waals surface area contributed by atoms with Crippen LogP contribution in [0.3, 0.4) is 0 Å². The van der Waals surface area contributed by atoms with Crippen LogP contribution in [0.4, 0.5) is 0 Å². The average molecular weight is 346 g/mol. The van der Waals surface area contributed by atoms with Crippen molar-refractivity contribution in [2.75, 3.05) is 26.2 Å². The van der Waals surface area contributed by atoms with E-state index in [4.69, 9.17) is 4.74 Å². The van der Waals surface area contributed by atoms with E-state index in [1.165, 1.54) is 4.90 Å². The molecule has 3 rings (SSSR count). The molecule has 25 heavy (non-hydrogen) atoms. The molecule has 0 saturated carbocycles. The smallest absolute Gasteiger partial charge is 0.281 e. The fraction of sp³-hybridized carbons (Fsp3) is 0.529. The minimum absolute atomic E-state index is 0.121. The molecular formula is C17H22N4O4. The van der Waals surface area contributed by atoms with Crippen LogP contribution in [0.2, 0.25) is 0 Å². The first kappa shape index (κ1) is 17.3. The summed E-state index contributed by atoms with van der Waals surface area (Å²) in [6.45, 7) is 6.09. The highest BCUT2D eigenvalue weighted by atomic mass is 16.7. The zero-order valence-corrected chi connectivity index (χ0v) is 14.4. The molecule has 0 aromatic heterocycles. The van der Waals surface area contributed by atoms with E-state index in [9.17, 15) is 14.9 Å². The van der Waals surface area contributed by atoms with Gasteiger partial charge in [-0.05, 0) is 32.4 Å². The fourth-order valence-corrected chi connectivity index (χ4v) is 3.43. The summed E-state index contributed by atoms with van der Waals surface area (Å²) in [6, 6.07) is 7.20. The molecule has 0 N–H and O–H groups in total. The van der Waals surface area contributed by atoms with E-state index in [-0.39, 0.29) is 18.0 Å². The molecule has 2 unspecified atom stereocenters. The maximum atomic E-state index is 12.8. The highest BCUT2D eigenvalue weighted by Gasteiger charge is 2.36. The lowest BCUT2D eigenvalue weighted by molar-refractivity contribution is -0.486. The predicted molar refractivity (Wildman–Crippen MR) is 91.7 cm³/mol. The second kappa shape index (κ2) is 7.18. The van der Waals surface area contributed by atoms with E-state index in [1.807, 2.05) is 24.8 Å². The molecule has 8 heteroatoms. The first-order valence-electron chi connectivity index (χ1n) is 8.42. The Bertz CT molecular complexity index is 706. The van der Waals surface area contributed by atoms with E-state index in [0.29, 0.717) is 37.7 Å². The van der Waals surface area contributed by atoms with Gasteiger partial charge in [0.25, 0.3) is 11.9 Å². The molecule has 1 aromatic carbocycles. The van der Waals surface area contributed by atoms with E-state index < -0.39 is 5.03 Å². The Balaban J connectivity index is 1.79. The Morgan fingerprint density at radius 1 is 1.44 bits per heavy atom. The van der Waals surface area contributed by atoms with Crippen molar-refractivity contribution in [1.29, 1.82) is 0 Å². The third-order valence-corrected chi connectivity index (χ3v) is 4.56. The lowest BCUT2D eigenvalue weighted by atomic mass is 10.1. The van der Waals surface area contributed by atoms with Crippen LogP contribution in [0, 0.1) is 23.0 Å². The SMILES string of the molecule is Cc1cccc(C(=O)N2CCN(CC3COC(C)C3)C2=N[N+](=O)[O-])c1. The number of carbonyl (C=O) groups excluding carboxylic acids is 1. The predicted octanol–water partition coefficient (Wildman–Crippen LogP) is 1.73. The Hall–Kier alpha value is -2.48. The number of amides is 1. The molecule has 1 aromatic rings. The summed E-state index contributed by atoms with van der Waals surface area (Å²) in [6.07, 6.45) is 1.11. The maximum absolute atomic E-state index is 12.8. The van der Waals surface area contributed by atoms with Crippen LogP contribution < -0.4 is 0 Å². The van der Waals surface area contributed by atoms with Crippen molar-refractivity contribution in [2.45, 2.75) is 26.4 Å². The molecule has 8 nitrogen and oxygen atoms in total. The lowest BCUT2D eigenvalue weighted by Gasteiger charge is -2.22. The van der Waals surface area contributed by atoms with Gasteiger partial charge in [0.1, 0.15) is 5.10 Å². The first-order valence-corrected chi connectivity index (χ1v) is 8.42. The van der Waals surface area contributed by atoms with Crippen molar-refractivity contribution in [2.24, 2.45) is 11.0 Å². The summed E-state index contributed by atoms with van der Waals surface area (Å²) in [7, 11) is 0. The molecular weight excluding hydrogens is 324 g/mol. The first-order chi connectivity index (χ1) is 11.9. The molecule has 2 fully saturated rings. The summed E-state index contributed by atoms with van der Waals surface area (Å²) in [4.78, 5) is 27.0. The highest BCUT2D eigenvalue weighted by Crippen LogP contribution is 2.23. The number of carbonyl (C=O) groups is 1. The van der Waals surface area contributed by atoms with Crippen LogP contribution in [-0.4, -0.2) is 59.0 Å². The normalized spacial score (nSPS) is 25.0. The van der Waals surface area contributed by atoms with Gasteiger partial charge < -0.3 is 9.64 Å². The number of hydrogen-bond acceptors (Lipinski definition) is 4. The van der Waals surface area contributed by atoms with Crippen LogP contribution >= 0.6 is 0 Å². The molecule has 0 aliphatic carbocycles. The third-order valence-electron chi connectivity index (χ3n) is 4.56. The van der Waals surface area contributed by atoms with Crippen molar-refractivity contribution in [3.05, 3.63) is 45.5 Å². The molecule has 2 saturated heterocycles. The number of nitrogens with zero attached hydrogens (tertiary/aromatic N) is 4. The Kier molecular flexibility index (Phi) is 4.98. The van der Waals surface area contributed by atoms with Crippen molar-refractivity contribution >= 4 is 11.9 Å². The number of aryl methyl sites for hydroxylation is 1. The van der Waals surface area contributed by atoms with Crippen LogP contribution in [0.25, 0.3) is 0 Å². The van der Waals surface area contributed by atoms with Gasteiger partial charge in [-0.2, -0.15) is 0 Å². The van der Waals surface area contributed by atoms with E-state index in [2.05, 4.69) is 5.10 Å². The van der Waals surface area contributed by atoms with Gasteiger partial charge >= 0.3 is 0 Å². The highest BCUT2D eigenvalue weighted by molar-refractivity contribution is 6.06. The van der Waals surface area contributed by atoms with Crippen LogP contribution in [0.1, 0.15) is 29.3 Å². The van der Waals surface area contributed by atoms with Gasteiger partial charge in [0, 0.05) is 31.1 Å². The summed E-state index contributed by atoms with van der Waals surface area (Å²) in [5, 5.41) is 13.7. The number of hydrazone groups is 1. The number of rotatable bonds is 4. The number of ether oxygens (including phenoxy) is 1. The van der Waals surface area contributed by atoms with E-state index >= 15 is 0 Å². The van der Waals surface area contributed by atoms with E-state index in [1.54, 1.807) is 18.2 Å². The van der Waals surface area contributed by atoms with Crippen LogP contribution in [0.15, 0.2) is 29.4 Å². The van der Waals surface area contributed by atoms with Gasteiger partial charge in [-0.15, -0.1) is 0 Å². The van der Waals surface area contributed by atoms with Crippen LogP contribution in [-0.2, 0) is 4.74 Å². The number of nitro groups is 1. The van der Waals surface area contributed by atoms with Crippen molar-refractivity contribution in [3.8, 4) is 0 Å². The molecule has 0 spiro atoms. The van der Waals surface area contributed by atoms with Gasteiger partial charge in [0.15, 0.2) is 5.03 Å². The van der Waals surface area contributed by atoms with Gasteiger partial charge in [-0.25, -0.2) is 10.1 Å². The fourth-order valence-electron chi connectivity index (χ4n) is 3.43. The van der Waals surface area contributed by atoms with Gasteiger partial charge in [0.05, 0.1) is 12.7 Å². The maximum Gasteiger partial charge on any atom is 0.281 e. The molecule has 2 atom stereocenters. The number of guanidine groups is 1. The lowest BCUT2D eigenvalue weighted by Crippen LogP contribution is -2.40. The number of hydrogen-bond donors (Lipinski definition) is 0. The molecule has 2 aliphatic heterocycles. The van der Waals surface area contributed by atoms with Gasteiger partial charge in [0.2, 0.25) is 0 Å². The second-order valence-electron chi connectivity index (χ2n) is 6.66. The van der Waals surface area contributed by atoms with Crippen molar-refractivity contribution in [1.82, 2.24) is 9.80 Å². The van der Waals surface area contributed by atoms with Gasteiger partial charge in [-0.1, -0.05) is 17.7 Å². The van der Waals surface area contributed by atoms with Gasteiger partial charge in [-0.3, -0.25) is 9.69 Å². The molecule has 2 aliphatic rings. The molecule has 0 radical (unpaired) electrons. The Morgan fingerprint density at radius 2 is 2.24 bits per heavy atom. The summed E-state index contributed by atoms with van der Waals surface area (Å²) in [5.41, 5.74) is 1.47. The van der Waals surface area contributed by atoms with Crippen LogP contribution in [0.5, 0.6) is 0 Å². The topological polar surface area (TPSA) is 88.3 Å². The van der Waals surface area contributed by atoms with Crippen molar-refractivity contribution in [3.63, 3.8) is 0 Å². The number of benzene rings is 1. The minimum Gasteiger partial charge on any atom is -0.378 e. The average Bonchev–Trinajstić information content (AvgIpc) is 3.13. The largest absolute Gasteiger partial charge is 0.378 e. The van der Waals surface area contributed by atoms with Crippen molar-refractivity contribution < 1.29 is 14.6 Å². The standard InChI is InChI=1S/C17H22N4O4/c1-12-4-3-5-15(8-12)16(22)20-7-6-19(17(20)18-21(23)24)10-14-9-13(2)25-11-14/h3-5,8,13-14H,6-7,9-11H2,1-2H3. The summed E-state index contributed by atoms with van der Waals surface area (Å²) in [5.74, 6) is 0.153. The second-order valence-corrected chi connectivity index (χ2v) is 6.66. The minimum atomic E-state index is -0.738. The molecule has 1 amide bonds. The molecule has 2 heterocycles. The summed E-state index contributed by atoms with van der Waals surface area (Å²) >= 11 is 0. The zero-order valence-electron chi connectivity index (χ0n) is 14.4. The van der Waals surface area contributed by atoms with E-state index in [0.717, 1.165) is 12.0 Å². The summed E-state index contributed by atoms with van der Waals surface area (Å²) < 4.78 is 5.57. The quantitative estimate of drug-likeness (QED) is 0.612. The Morgan fingerprint density at radius 3 is 2.88 bits per heavy atom. The monoisotopic (exact) mass is 346 g/mol. The zero-order chi connectivity index (χ0) is 18.0. The molecule has 0 bridgehead atoms. The molecule has 134 valence electrons. The third kappa shape index (κ3) is 3.96.